The Kier molecular flexibility index (Phi) is 4.30. The summed E-state index contributed by atoms with van der Waals surface area (Å²) in [5, 5.41) is 6.79. The van der Waals surface area contributed by atoms with Gasteiger partial charge in [-0.2, -0.15) is 9.40 Å². The number of aryl methyl sites for hydroxylation is 1. The minimum Gasteiger partial charge on any atom is -0.281 e. The van der Waals surface area contributed by atoms with E-state index < -0.39 is 10.0 Å². The van der Waals surface area contributed by atoms with Crippen molar-refractivity contribution in [2.45, 2.75) is 62.3 Å². The molecule has 2 aliphatic rings. The van der Waals surface area contributed by atoms with Gasteiger partial charge in [-0.05, 0) is 38.5 Å². The monoisotopic (exact) mass is 331 g/mol. The normalized spacial score (nSPS) is 25.0. The lowest BCUT2D eigenvalue weighted by Crippen LogP contribution is -2.39. The molecule has 1 saturated carbocycles. The summed E-state index contributed by atoms with van der Waals surface area (Å²) in [7, 11) is -3.50. The van der Waals surface area contributed by atoms with Crippen molar-refractivity contribution in [1.82, 2.24) is 14.5 Å². The molecule has 0 aromatic carbocycles. The molecule has 1 aliphatic heterocycles. The van der Waals surface area contributed by atoms with E-state index in [4.69, 9.17) is 11.6 Å². The van der Waals surface area contributed by atoms with Gasteiger partial charge in [-0.15, -0.1) is 11.6 Å². The lowest BCUT2D eigenvalue weighted by Gasteiger charge is -2.28. The van der Waals surface area contributed by atoms with Crippen molar-refractivity contribution >= 4 is 21.6 Å². The zero-order chi connectivity index (χ0) is 15.0. The molecule has 21 heavy (non-hydrogen) atoms. The average molecular weight is 332 g/mol. The molecule has 0 bridgehead atoms. The lowest BCUT2D eigenvalue weighted by atomic mass is 9.97. The van der Waals surface area contributed by atoms with Crippen molar-refractivity contribution < 1.29 is 8.42 Å². The summed E-state index contributed by atoms with van der Waals surface area (Å²) < 4.78 is 27.9. The second-order valence-electron chi connectivity index (χ2n) is 6.13. The van der Waals surface area contributed by atoms with Gasteiger partial charge in [0.25, 0.3) is 0 Å². The molecule has 3 rings (SSSR count). The first-order chi connectivity index (χ1) is 10.1. The van der Waals surface area contributed by atoms with Gasteiger partial charge >= 0.3 is 0 Å². The quantitative estimate of drug-likeness (QED) is 0.863. The van der Waals surface area contributed by atoms with Gasteiger partial charge in [-0.25, -0.2) is 8.42 Å². The zero-order valence-electron chi connectivity index (χ0n) is 12.3. The van der Waals surface area contributed by atoms with Gasteiger partial charge in [0, 0.05) is 12.6 Å². The van der Waals surface area contributed by atoms with Crippen LogP contribution in [0.15, 0.2) is 4.90 Å². The van der Waals surface area contributed by atoms with Crippen LogP contribution in [0.1, 0.15) is 49.9 Å². The van der Waals surface area contributed by atoms with Crippen LogP contribution in [0.3, 0.4) is 0 Å². The van der Waals surface area contributed by atoms with Gasteiger partial charge in [0.15, 0.2) is 0 Å². The third kappa shape index (κ3) is 2.62. The number of hydrogen-bond donors (Lipinski definition) is 1. The van der Waals surface area contributed by atoms with Gasteiger partial charge in [0.05, 0.1) is 17.3 Å². The molecule has 1 aromatic heterocycles. The summed E-state index contributed by atoms with van der Waals surface area (Å²) in [6, 6.07) is 0.162. The lowest BCUT2D eigenvalue weighted by molar-refractivity contribution is 0.288. The van der Waals surface area contributed by atoms with Crippen molar-refractivity contribution in [3.05, 3.63) is 11.4 Å². The van der Waals surface area contributed by atoms with Crippen LogP contribution in [0.2, 0.25) is 0 Å². The number of hydrogen-bond acceptors (Lipinski definition) is 3. The molecule has 1 N–H and O–H groups in total. The fourth-order valence-corrected chi connectivity index (χ4v) is 6.26. The SMILES string of the molecule is Cc1[nH]nc(CCl)c1S(=O)(=O)N1CCCC1C1CCCC1. The number of H-pyrrole nitrogens is 1. The predicted octanol–water partition coefficient (Wildman–Crippen LogP) is 2.80. The second-order valence-corrected chi connectivity index (χ2v) is 8.22. The minimum absolute atomic E-state index is 0.112. The number of sulfonamides is 1. The van der Waals surface area contributed by atoms with E-state index >= 15 is 0 Å². The molecule has 1 aliphatic carbocycles. The number of nitrogens with one attached hydrogen (secondary N) is 1. The maximum absolute atomic E-state index is 13.1. The number of alkyl halides is 1. The van der Waals surface area contributed by atoms with E-state index in [1.54, 1.807) is 11.2 Å². The van der Waals surface area contributed by atoms with Crippen LogP contribution < -0.4 is 0 Å². The minimum atomic E-state index is -3.50. The van der Waals surface area contributed by atoms with E-state index in [2.05, 4.69) is 10.2 Å². The summed E-state index contributed by atoms with van der Waals surface area (Å²) >= 11 is 5.86. The number of aromatic nitrogens is 2. The Hall–Kier alpha value is -0.590. The van der Waals surface area contributed by atoms with Gasteiger partial charge in [0.2, 0.25) is 10.0 Å². The maximum atomic E-state index is 13.1. The Morgan fingerprint density at radius 1 is 1.29 bits per heavy atom. The molecule has 2 heterocycles. The molecule has 1 atom stereocenters. The number of aromatic amines is 1. The first-order valence-electron chi connectivity index (χ1n) is 7.67. The topological polar surface area (TPSA) is 66.1 Å². The molecule has 1 aromatic rings. The summed E-state index contributed by atoms with van der Waals surface area (Å²) in [4.78, 5) is 0.294. The standard InChI is InChI=1S/C14H22ClN3O2S/c1-10-14(12(9-15)17-16-10)21(19,20)18-8-4-7-13(18)11-5-2-3-6-11/h11,13H,2-9H2,1H3,(H,16,17). The van der Waals surface area contributed by atoms with Crippen LogP contribution in [0.5, 0.6) is 0 Å². The Morgan fingerprint density at radius 3 is 2.67 bits per heavy atom. The molecule has 0 radical (unpaired) electrons. The van der Waals surface area contributed by atoms with E-state index in [-0.39, 0.29) is 11.9 Å². The molecule has 2 fully saturated rings. The second kappa shape index (κ2) is 5.89. The summed E-state index contributed by atoms with van der Waals surface area (Å²) in [5.74, 6) is 0.634. The van der Waals surface area contributed by atoms with E-state index in [1.807, 2.05) is 0 Å². The molecule has 0 amide bonds. The average Bonchev–Trinajstić information content (AvgIpc) is 3.18. The Morgan fingerprint density at radius 2 is 2.00 bits per heavy atom. The van der Waals surface area contributed by atoms with E-state index in [1.165, 1.54) is 12.8 Å². The molecule has 7 heteroatoms. The van der Waals surface area contributed by atoms with Crippen molar-refractivity contribution in [2.24, 2.45) is 5.92 Å². The number of halogens is 1. The summed E-state index contributed by atoms with van der Waals surface area (Å²) in [6.45, 7) is 2.37. The Labute approximate surface area is 131 Å². The predicted molar refractivity (Wildman–Crippen MR) is 81.8 cm³/mol. The van der Waals surface area contributed by atoms with Crippen LogP contribution in [0.25, 0.3) is 0 Å². The summed E-state index contributed by atoms with van der Waals surface area (Å²) in [5.41, 5.74) is 1.02. The number of nitrogens with zero attached hydrogens (tertiary/aromatic N) is 2. The number of rotatable bonds is 4. The first kappa shape index (κ1) is 15.3. The first-order valence-corrected chi connectivity index (χ1v) is 9.65. The smallest absolute Gasteiger partial charge is 0.247 e. The molecule has 1 saturated heterocycles. The summed E-state index contributed by atoms with van der Waals surface area (Å²) in [6.07, 6.45) is 6.71. The van der Waals surface area contributed by atoms with Gasteiger partial charge in [0.1, 0.15) is 4.90 Å². The Balaban J connectivity index is 1.95. The van der Waals surface area contributed by atoms with Crippen molar-refractivity contribution in [2.75, 3.05) is 6.54 Å². The highest BCUT2D eigenvalue weighted by molar-refractivity contribution is 7.89. The molecular weight excluding hydrogens is 310 g/mol. The van der Waals surface area contributed by atoms with Crippen molar-refractivity contribution in [3.8, 4) is 0 Å². The highest BCUT2D eigenvalue weighted by Crippen LogP contribution is 2.38. The largest absolute Gasteiger partial charge is 0.281 e. The molecule has 0 spiro atoms. The molecule has 5 nitrogen and oxygen atoms in total. The fraction of sp³-hybridized carbons (Fsp3) is 0.786. The maximum Gasteiger partial charge on any atom is 0.247 e. The molecule has 118 valence electrons. The van der Waals surface area contributed by atoms with Crippen LogP contribution in [-0.2, 0) is 15.9 Å². The highest BCUT2D eigenvalue weighted by atomic mass is 35.5. The van der Waals surface area contributed by atoms with E-state index in [0.29, 0.717) is 28.7 Å². The zero-order valence-corrected chi connectivity index (χ0v) is 13.9. The molecular formula is C14H22ClN3O2S. The van der Waals surface area contributed by atoms with E-state index in [0.717, 1.165) is 25.7 Å². The van der Waals surface area contributed by atoms with Crippen LogP contribution in [0, 0.1) is 12.8 Å². The highest BCUT2D eigenvalue weighted by Gasteiger charge is 2.42. The van der Waals surface area contributed by atoms with Gasteiger partial charge < -0.3 is 0 Å². The fourth-order valence-electron chi connectivity index (χ4n) is 3.90. The van der Waals surface area contributed by atoms with Gasteiger partial charge in [-0.3, -0.25) is 5.10 Å². The van der Waals surface area contributed by atoms with Crippen molar-refractivity contribution in [1.29, 1.82) is 0 Å². The van der Waals surface area contributed by atoms with Crippen LogP contribution in [-0.4, -0.2) is 35.5 Å². The Bertz CT molecular complexity index is 608. The third-order valence-electron chi connectivity index (χ3n) is 4.85. The van der Waals surface area contributed by atoms with Crippen molar-refractivity contribution in [3.63, 3.8) is 0 Å². The van der Waals surface area contributed by atoms with Crippen LogP contribution >= 0.6 is 11.6 Å². The third-order valence-corrected chi connectivity index (χ3v) is 7.23. The van der Waals surface area contributed by atoms with Crippen LogP contribution in [0.4, 0.5) is 0 Å². The van der Waals surface area contributed by atoms with E-state index in [9.17, 15) is 8.42 Å². The van der Waals surface area contributed by atoms with Gasteiger partial charge in [-0.1, -0.05) is 12.8 Å². The molecule has 1 unspecified atom stereocenters.